The van der Waals surface area contributed by atoms with Crippen molar-refractivity contribution < 1.29 is 9.53 Å². The zero-order chi connectivity index (χ0) is 17.5. The van der Waals surface area contributed by atoms with Gasteiger partial charge in [-0.2, -0.15) is 0 Å². The normalized spacial score (nSPS) is 12.0. The van der Waals surface area contributed by atoms with E-state index in [0.29, 0.717) is 18.6 Å². The van der Waals surface area contributed by atoms with Gasteiger partial charge in [0, 0.05) is 13.5 Å². The van der Waals surface area contributed by atoms with Crippen LogP contribution in [0.25, 0.3) is 0 Å². The Morgan fingerprint density at radius 1 is 1.04 bits per heavy atom. The SMILES string of the molecule is CCc1ccc(CC(=N)C(=O)C(N)c2ccc(COC)cc2)cc1. The smallest absolute Gasteiger partial charge is 0.197 e. The van der Waals surface area contributed by atoms with Gasteiger partial charge in [0.1, 0.15) is 0 Å². The maximum absolute atomic E-state index is 12.4. The molecular formula is C20H24N2O2. The Balaban J connectivity index is 2.01. The van der Waals surface area contributed by atoms with Crippen LogP contribution >= 0.6 is 0 Å². The van der Waals surface area contributed by atoms with Crippen LogP contribution in [-0.4, -0.2) is 18.6 Å². The topological polar surface area (TPSA) is 76.2 Å². The van der Waals surface area contributed by atoms with Gasteiger partial charge in [-0.15, -0.1) is 0 Å². The third-order valence-electron chi connectivity index (χ3n) is 4.04. The van der Waals surface area contributed by atoms with Crippen molar-refractivity contribution in [2.24, 2.45) is 5.73 Å². The van der Waals surface area contributed by atoms with Crippen molar-refractivity contribution in [2.75, 3.05) is 7.11 Å². The van der Waals surface area contributed by atoms with Crippen LogP contribution in [0.3, 0.4) is 0 Å². The van der Waals surface area contributed by atoms with Crippen molar-refractivity contribution in [3.8, 4) is 0 Å². The van der Waals surface area contributed by atoms with E-state index in [4.69, 9.17) is 15.9 Å². The molecule has 2 aromatic carbocycles. The van der Waals surface area contributed by atoms with E-state index >= 15 is 0 Å². The molecule has 0 heterocycles. The number of carbonyl (C=O) groups excluding carboxylic acids is 1. The Morgan fingerprint density at radius 3 is 2.12 bits per heavy atom. The summed E-state index contributed by atoms with van der Waals surface area (Å²) in [5.41, 5.74) is 10.0. The fourth-order valence-corrected chi connectivity index (χ4v) is 2.51. The molecule has 24 heavy (non-hydrogen) atoms. The van der Waals surface area contributed by atoms with E-state index < -0.39 is 6.04 Å². The summed E-state index contributed by atoms with van der Waals surface area (Å²) in [7, 11) is 1.64. The predicted octanol–water partition coefficient (Wildman–Crippen LogP) is 3.23. The first-order valence-corrected chi connectivity index (χ1v) is 8.08. The van der Waals surface area contributed by atoms with Crippen LogP contribution < -0.4 is 5.73 Å². The maximum atomic E-state index is 12.4. The summed E-state index contributed by atoms with van der Waals surface area (Å²) >= 11 is 0. The molecule has 3 N–H and O–H groups in total. The van der Waals surface area contributed by atoms with E-state index in [1.54, 1.807) is 7.11 Å². The van der Waals surface area contributed by atoms with Crippen LogP contribution in [0, 0.1) is 5.41 Å². The van der Waals surface area contributed by atoms with E-state index in [0.717, 1.165) is 17.5 Å². The molecule has 2 aromatic rings. The lowest BCUT2D eigenvalue weighted by Crippen LogP contribution is -2.29. The van der Waals surface area contributed by atoms with Crippen LogP contribution in [0.4, 0.5) is 0 Å². The van der Waals surface area contributed by atoms with Gasteiger partial charge in [0.2, 0.25) is 0 Å². The number of hydrogen-bond donors (Lipinski definition) is 2. The van der Waals surface area contributed by atoms with Crippen molar-refractivity contribution in [3.05, 3.63) is 70.8 Å². The fraction of sp³-hybridized carbons (Fsp3) is 0.300. The van der Waals surface area contributed by atoms with Gasteiger partial charge in [-0.25, -0.2) is 0 Å². The summed E-state index contributed by atoms with van der Waals surface area (Å²) in [6.07, 6.45) is 1.28. The first-order chi connectivity index (χ1) is 11.5. The second-order valence-corrected chi connectivity index (χ2v) is 5.84. The number of carbonyl (C=O) groups is 1. The average molecular weight is 324 g/mol. The zero-order valence-corrected chi connectivity index (χ0v) is 14.2. The highest BCUT2D eigenvalue weighted by molar-refractivity contribution is 6.40. The number of benzene rings is 2. The van der Waals surface area contributed by atoms with Gasteiger partial charge in [0.05, 0.1) is 18.4 Å². The number of methoxy groups -OCH3 is 1. The quantitative estimate of drug-likeness (QED) is 0.732. The van der Waals surface area contributed by atoms with E-state index in [1.165, 1.54) is 5.56 Å². The van der Waals surface area contributed by atoms with Gasteiger partial charge >= 0.3 is 0 Å². The third-order valence-corrected chi connectivity index (χ3v) is 4.04. The van der Waals surface area contributed by atoms with Gasteiger partial charge in [-0.1, -0.05) is 55.5 Å². The van der Waals surface area contributed by atoms with Crippen LogP contribution in [0.15, 0.2) is 48.5 Å². The number of ether oxygens (including phenoxy) is 1. The average Bonchev–Trinajstić information content (AvgIpc) is 2.62. The molecular weight excluding hydrogens is 300 g/mol. The van der Waals surface area contributed by atoms with Gasteiger partial charge in [0.15, 0.2) is 5.78 Å². The van der Waals surface area contributed by atoms with E-state index in [9.17, 15) is 4.79 Å². The molecule has 0 radical (unpaired) electrons. The summed E-state index contributed by atoms with van der Waals surface area (Å²) in [6.45, 7) is 2.62. The van der Waals surface area contributed by atoms with Crippen LogP contribution in [0.5, 0.6) is 0 Å². The summed E-state index contributed by atoms with van der Waals surface area (Å²) < 4.78 is 5.06. The molecule has 4 nitrogen and oxygen atoms in total. The number of aryl methyl sites for hydroxylation is 1. The second kappa shape index (κ2) is 8.52. The molecule has 0 aliphatic rings. The van der Waals surface area contributed by atoms with Crippen molar-refractivity contribution in [3.63, 3.8) is 0 Å². The lowest BCUT2D eigenvalue weighted by atomic mass is 9.96. The Bertz CT molecular complexity index is 691. The summed E-state index contributed by atoms with van der Waals surface area (Å²) in [4.78, 5) is 12.4. The first kappa shape index (κ1) is 18.0. The Hall–Kier alpha value is -2.30. The lowest BCUT2D eigenvalue weighted by Gasteiger charge is -2.13. The van der Waals surface area contributed by atoms with Gasteiger partial charge in [-0.3, -0.25) is 4.79 Å². The minimum Gasteiger partial charge on any atom is -0.380 e. The molecule has 0 aliphatic carbocycles. The molecule has 2 rings (SSSR count). The van der Waals surface area contributed by atoms with Crippen molar-refractivity contribution in [1.29, 1.82) is 5.41 Å². The van der Waals surface area contributed by atoms with E-state index in [1.807, 2.05) is 48.5 Å². The predicted molar refractivity (Wildman–Crippen MR) is 96.3 cm³/mol. The molecule has 126 valence electrons. The zero-order valence-electron chi connectivity index (χ0n) is 14.2. The van der Waals surface area contributed by atoms with Crippen LogP contribution in [-0.2, 0) is 29.0 Å². The van der Waals surface area contributed by atoms with Crippen molar-refractivity contribution in [1.82, 2.24) is 0 Å². The fourth-order valence-electron chi connectivity index (χ4n) is 2.51. The number of rotatable bonds is 8. The highest BCUT2D eigenvalue weighted by Gasteiger charge is 2.20. The number of Topliss-reactive ketones (excluding diaryl/α,β-unsaturated/α-hetero) is 1. The summed E-state index contributed by atoms with van der Waals surface area (Å²) in [5, 5.41) is 8.07. The molecule has 0 saturated carbocycles. The Morgan fingerprint density at radius 2 is 1.58 bits per heavy atom. The van der Waals surface area contributed by atoms with Gasteiger partial charge in [-0.05, 0) is 28.7 Å². The number of hydrogen-bond acceptors (Lipinski definition) is 4. The van der Waals surface area contributed by atoms with Crippen molar-refractivity contribution >= 4 is 11.5 Å². The molecule has 4 heteroatoms. The number of nitrogens with one attached hydrogen (secondary N) is 1. The first-order valence-electron chi connectivity index (χ1n) is 8.08. The van der Waals surface area contributed by atoms with Gasteiger partial charge < -0.3 is 15.9 Å². The van der Waals surface area contributed by atoms with Gasteiger partial charge in [0.25, 0.3) is 0 Å². The highest BCUT2D eigenvalue weighted by atomic mass is 16.5. The molecule has 0 spiro atoms. The molecule has 0 aliphatic heterocycles. The Labute approximate surface area is 143 Å². The molecule has 0 amide bonds. The summed E-state index contributed by atoms with van der Waals surface area (Å²) in [5.74, 6) is -0.339. The molecule has 1 unspecified atom stereocenters. The molecule has 0 aromatic heterocycles. The molecule has 1 atom stereocenters. The molecule has 0 bridgehead atoms. The lowest BCUT2D eigenvalue weighted by molar-refractivity contribution is -0.114. The maximum Gasteiger partial charge on any atom is 0.197 e. The largest absolute Gasteiger partial charge is 0.380 e. The van der Waals surface area contributed by atoms with E-state index in [2.05, 4.69) is 6.92 Å². The summed E-state index contributed by atoms with van der Waals surface area (Å²) in [6, 6.07) is 14.6. The number of nitrogens with two attached hydrogens (primary N) is 1. The van der Waals surface area contributed by atoms with Crippen molar-refractivity contribution in [2.45, 2.75) is 32.4 Å². The minimum absolute atomic E-state index is 0.0349. The monoisotopic (exact) mass is 324 g/mol. The highest BCUT2D eigenvalue weighted by Crippen LogP contribution is 2.15. The van der Waals surface area contributed by atoms with E-state index in [-0.39, 0.29) is 11.5 Å². The van der Waals surface area contributed by atoms with Crippen LogP contribution in [0.2, 0.25) is 0 Å². The molecule has 0 saturated heterocycles. The third kappa shape index (κ3) is 4.60. The molecule has 0 fully saturated rings. The Kier molecular flexibility index (Phi) is 6.41. The number of ketones is 1. The van der Waals surface area contributed by atoms with Crippen LogP contribution in [0.1, 0.15) is 35.2 Å². The minimum atomic E-state index is -0.802. The standard InChI is InChI=1S/C20H24N2O2/c1-3-14-4-6-15(7-5-14)12-18(21)20(23)19(22)17-10-8-16(9-11-17)13-24-2/h4-11,19,21H,3,12-13,22H2,1-2H3. The second-order valence-electron chi connectivity index (χ2n) is 5.84.